The fourth-order valence-corrected chi connectivity index (χ4v) is 3.11. The van der Waals surface area contributed by atoms with Crippen molar-refractivity contribution in [1.82, 2.24) is 0 Å². The van der Waals surface area contributed by atoms with E-state index in [1.165, 1.54) is 7.11 Å². The van der Waals surface area contributed by atoms with E-state index >= 15 is 0 Å². The van der Waals surface area contributed by atoms with Crippen LogP contribution < -0.4 is 0 Å². The number of esters is 1. The van der Waals surface area contributed by atoms with E-state index in [1.54, 1.807) is 0 Å². The Bertz CT molecular complexity index is 286. The maximum Gasteiger partial charge on any atom is 0.323 e. The molecule has 0 amide bonds. The SMILES string of the molecule is COC(=O)[C@]1(C(=O)O)C[C@@H]2CC[C@H]1C2. The summed E-state index contributed by atoms with van der Waals surface area (Å²) in [5, 5.41) is 9.19. The lowest BCUT2D eigenvalue weighted by molar-refractivity contribution is -0.171. The monoisotopic (exact) mass is 198 g/mol. The van der Waals surface area contributed by atoms with Gasteiger partial charge in [-0.05, 0) is 31.1 Å². The van der Waals surface area contributed by atoms with Crippen LogP contribution in [0.3, 0.4) is 0 Å². The van der Waals surface area contributed by atoms with Gasteiger partial charge in [-0.25, -0.2) is 0 Å². The first-order valence-corrected chi connectivity index (χ1v) is 4.93. The van der Waals surface area contributed by atoms with E-state index in [2.05, 4.69) is 4.74 Å². The summed E-state index contributed by atoms with van der Waals surface area (Å²) >= 11 is 0. The van der Waals surface area contributed by atoms with Gasteiger partial charge in [0.15, 0.2) is 5.41 Å². The summed E-state index contributed by atoms with van der Waals surface area (Å²) in [4.78, 5) is 22.8. The molecule has 14 heavy (non-hydrogen) atoms. The lowest BCUT2D eigenvalue weighted by Crippen LogP contribution is -2.44. The van der Waals surface area contributed by atoms with Crippen LogP contribution in [0.1, 0.15) is 25.7 Å². The van der Waals surface area contributed by atoms with E-state index in [1.807, 2.05) is 0 Å². The number of fused-ring (bicyclic) bond motifs is 2. The molecule has 0 aliphatic heterocycles. The molecule has 0 aromatic heterocycles. The molecule has 0 aromatic carbocycles. The van der Waals surface area contributed by atoms with Crippen LogP contribution in [0.2, 0.25) is 0 Å². The fourth-order valence-electron chi connectivity index (χ4n) is 3.11. The van der Waals surface area contributed by atoms with Gasteiger partial charge in [-0.2, -0.15) is 0 Å². The Morgan fingerprint density at radius 2 is 2.14 bits per heavy atom. The second kappa shape index (κ2) is 2.97. The van der Waals surface area contributed by atoms with Crippen LogP contribution in [-0.2, 0) is 14.3 Å². The maximum atomic E-state index is 11.6. The number of carboxylic acids is 1. The quantitative estimate of drug-likeness (QED) is 0.532. The number of aliphatic carboxylic acids is 1. The van der Waals surface area contributed by atoms with E-state index in [0.29, 0.717) is 12.3 Å². The Morgan fingerprint density at radius 3 is 2.50 bits per heavy atom. The number of ether oxygens (including phenoxy) is 1. The van der Waals surface area contributed by atoms with E-state index in [0.717, 1.165) is 19.3 Å². The number of methoxy groups -OCH3 is 1. The van der Waals surface area contributed by atoms with E-state index in [-0.39, 0.29) is 5.92 Å². The van der Waals surface area contributed by atoms with Gasteiger partial charge in [-0.15, -0.1) is 0 Å². The molecule has 0 aromatic rings. The van der Waals surface area contributed by atoms with E-state index < -0.39 is 17.4 Å². The normalized spacial score (nSPS) is 39.8. The van der Waals surface area contributed by atoms with Gasteiger partial charge < -0.3 is 9.84 Å². The van der Waals surface area contributed by atoms with Crippen LogP contribution in [0.25, 0.3) is 0 Å². The van der Waals surface area contributed by atoms with Crippen molar-refractivity contribution in [2.75, 3.05) is 7.11 Å². The molecule has 2 bridgehead atoms. The highest BCUT2D eigenvalue weighted by Crippen LogP contribution is 2.56. The van der Waals surface area contributed by atoms with Gasteiger partial charge in [0, 0.05) is 0 Å². The lowest BCUT2D eigenvalue weighted by Gasteiger charge is -2.30. The first-order chi connectivity index (χ1) is 6.61. The smallest absolute Gasteiger partial charge is 0.323 e. The molecule has 0 heterocycles. The van der Waals surface area contributed by atoms with Crippen molar-refractivity contribution in [2.24, 2.45) is 17.3 Å². The first-order valence-electron chi connectivity index (χ1n) is 4.93. The van der Waals surface area contributed by atoms with Crippen LogP contribution in [0.5, 0.6) is 0 Å². The second-order valence-corrected chi connectivity index (χ2v) is 4.35. The minimum Gasteiger partial charge on any atom is -0.480 e. The van der Waals surface area contributed by atoms with Crippen LogP contribution in [0.15, 0.2) is 0 Å². The Balaban J connectivity index is 2.33. The maximum absolute atomic E-state index is 11.6. The van der Waals surface area contributed by atoms with Crippen molar-refractivity contribution in [3.8, 4) is 0 Å². The highest BCUT2D eigenvalue weighted by Gasteiger charge is 2.61. The molecule has 4 heteroatoms. The van der Waals surface area contributed by atoms with Crippen molar-refractivity contribution in [2.45, 2.75) is 25.7 Å². The Morgan fingerprint density at radius 1 is 1.43 bits per heavy atom. The molecule has 2 aliphatic carbocycles. The second-order valence-electron chi connectivity index (χ2n) is 4.35. The first kappa shape index (κ1) is 9.49. The third-order valence-corrected chi connectivity index (χ3v) is 3.78. The summed E-state index contributed by atoms with van der Waals surface area (Å²) in [5.41, 5.74) is -1.22. The van der Waals surface area contributed by atoms with Gasteiger partial charge >= 0.3 is 11.9 Å². The van der Waals surface area contributed by atoms with Gasteiger partial charge in [0.05, 0.1) is 7.11 Å². The van der Waals surface area contributed by atoms with Crippen LogP contribution >= 0.6 is 0 Å². The Kier molecular flexibility index (Phi) is 2.01. The number of carbonyl (C=O) groups excluding carboxylic acids is 1. The van der Waals surface area contributed by atoms with Crippen molar-refractivity contribution >= 4 is 11.9 Å². The standard InChI is InChI=1S/C10H14O4/c1-14-9(13)10(8(11)12)5-6-2-3-7(10)4-6/h6-7H,2-5H2,1H3,(H,11,12)/t6-,7+,10-/m1/s1. The molecule has 1 N–H and O–H groups in total. The number of carbonyl (C=O) groups is 2. The summed E-state index contributed by atoms with van der Waals surface area (Å²) in [6, 6.07) is 0. The van der Waals surface area contributed by atoms with Gasteiger partial charge in [0.1, 0.15) is 0 Å². The molecule has 2 saturated carbocycles. The third kappa shape index (κ3) is 0.996. The molecule has 0 unspecified atom stereocenters. The summed E-state index contributed by atoms with van der Waals surface area (Å²) in [6.45, 7) is 0. The average molecular weight is 198 g/mol. The topological polar surface area (TPSA) is 63.6 Å². The van der Waals surface area contributed by atoms with Crippen LogP contribution in [0, 0.1) is 17.3 Å². The van der Waals surface area contributed by atoms with Crippen molar-refractivity contribution in [3.63, 3.8) is 0 Å². The zero-order valence-electron chi connectivity index (χ0n) is 8.16. The molecule has 2 fully saturated rings. The summed E-state index contributed by atoms with van der Waals surface area (Å²) in [6.07, 6.45) is 3.27. The molecule has 0 spiro atoms. The van der Waals surface area contributed by atoms with Gasteiger partial charge in [-0.3, -0.25) is 9.59 Å². The summed E-state index contributed by atoms with van der Waals surface area (Å²) < 4.78 is 4.63. The molecule has 2 rings (SSSR count). The van der Waals surface area contributed by atoms with Crippen molar-refractivity contribution in [3.05, 3.63) is 0 Å². The Hall–Kier alpha value is -1.06. The van der Waals surface area contributed by atoms with Gasteiger partial charge in [0.25, 0.3) is 0 Å². The predicted octanol–water partition coefficient (Wildman–Crippen LogP) is 1.05. The Labute approximate surface area is 82.2 Å². The highest BCUT2D eigenvalue weighted by molar-refractivity contribution is 6.00. The molecular formula is C10H14O4. The number of rotatable bonds is 2. The number of carboxylic acid groups (broad SMARTS) is 1. The molecule has 3 atom stereocenters. The largest absolute Gasteiger partial charge is 0.480 e. The zero-order valence-corrected chi connectivity index (χ0v) is 8.16. The third-order valence-electron chi connectivity index (χ3n) is 3.78. The van der Waals surface area contributed by atoms with Crippen molar-refractivity contribution < 1.29 is 19.4 Å². The van der Waals surface area contributed by atoms with E-state index in [4.69, 9.17) is 0 Å². The minimum atomic E-state index is -1.22. The van der Waals surface area contributed by atoms with Crippen LogP contribution in [-0.4, -0.2) is 24.2 Å². The molecule has 78 valence electrons. The molecule has 0 radical (unpaired) electrons. The summed E-state index contributed by atoms with van der Waals surface area (Å²) in [5.74, 6) is -1.15. The number of hydrogen-bond donors (Lipinski definition) is 1. The van der Waals surface area contributed by atoms with Gasteiger partial charge in [-0.1, -0.05) is 6.42 Å². The summed E-state index contributed by atoms with van der Waals surface area (Å²) in [7, 11) is 1.26. The van der Waals surface area contributed by atoms with Gasteiger partial charge in [0.2, 0.25) is 0 Å². The lowest BCUT2D eigenvalue weighted by atomic mass is 9.73. The zero-order chi connectivity index (χ0) is 10.3. The average Bonchev–Trinajstić information content (AvgIpc) is 2.75. The minimum absolute atomic E-state index is 0.00236. The van der Waals surface area contributed by atoms with E-state index in [9.17, 15) is 14.7 Å². The predicted molar refractivity (Wildman–Crippen MR) is 47.5 cm³/mol. The molecule has 2 aliphatic rings. The highest BCUT2D eigenvalue weighted by atomic mass is 16.5. The van der Waals surface area contributed by atoms with Crippen LogP contribution in [0.4, 0.5) is 0 Å². The molecular weight excluding hydrogens is 184 g/mol. The van der Waals surface area contributed by atoms with Crippen molar-refractivity contribution in [1.29, 1.82) is 0 Å². The molecule has 4 nitrogen and oxygen atoms in total. The molecule has 0 saturated heterocycles. The number of hydrogen-bond acceptors (Lipinski definition) is 3. The fraction of sp³-hybridized carbons (Fsp3) is 0.800.